The second-order valence-corrected chi connectivity index (χ2v) is 33.2. The summed E-state index contributed by atoms with van der Waals surface area (Å²) in [5.41, 5.74) is 0. The molecule has 0 bridgehead atoms. The summed E-state index contributed by atoms with van der Waals surface area (Å²) in [6.45, 7) is -4.75. The Balaban J connectivity index is 1.08. The van der Waals surface area contributed by atoms with E-state index in [1.165, 1.54) is 0 Å². The van der Waals surface area contributed by atoms with Gasteiger partial charge in [-0.2, -0.15) is 0 Å². The summed E-state index contributed by atoms with van der Waals surface area (Å²) < 4.78 is 116. The standard InChI is InChI=1S/C74H123N7O51/c1-18(90)75-35-52(107)58(29(12-86)116-65(35)113)126-70-40(80-23(6)95)54(109)60(31(14-88)121-70)129-72-57(112)62(47(102)34(124-72)17-115-73-63(131-69-39(79-22(5)94)51(106)45(100)28(11-85)120-69)55(110)46(101)33(125-73)16-114-66-36(76-19(2)91)48(103)42(97)25(8-82)117-66)130-74-64(56(111)61(32(15-89)123-74)128-68-38(78-21(4)93)50(105)44(99)27(10-84)119-68)132-71-41(81-24(7)96)53(108)59(30(13-87)122-71)127-67-37(77-20(3)92)49(104)43(98)26(9-83)118-67/h25-74,82-89,97-113H,8-17H2,1-7H3,(H,75,90)(H,76,91)(H,77,92)(H,78,93)(H,79,94)(H,80,95)(H,81,96)/t25-,26-,27-,28-,29-,30-,31-,32-,33-,34-,35-,36-,37-,38-,39-,40-,41-,42-,43+,44-,45-,46-,47-,48-,49-,50-,51-,52-,53-,54-,55+,56+,57+,58-,59-,60-,61-,62+,63+,64+,65-,66-,67+,68+,69+,70+,71+,72+,73+,74-/m1/s1. The number of ether oxygens (including phenoxy) is 19. The van der Waals surface area contributed by atoms with Crippen LogP contribution >= 0.6 is 0 Å². The summed E-state index contributed by atoms with van der Waals surface area (Å²) in [5, 5.41) is 302. The van der Waals surface area contributed by atoms with Crippen LogP contribution < -0.4 is 37.2 Å². The summed E-state index contributed by atoms with van der Waals surface area (Å²) in [6, 6.07) is -13.0. The Morgan fingerprint density at radius 1 is 0.197 bits per heavy atom. The van der Waals surface area contributed by atoms with Crippen LogP contribution in [-0.2, 0) is 124 Å². The molecule has 10 rings (SSSR count). The molecule has 58 heteroatoms. The number of carbonyl (C=O) groups excluding carboxylic acids is 7. The lowest BCUT2D eigenvalue weighted by Crippen LogP contribution is -2.71. The fraction of sp³-hybridized carbons (Fsp3) is 0.905. The molecule has 0 unspecified atom stereocenters. The van der Waals surface area contributed by atoms with Crippen LogP contribution in [0.3, 0.4) is 0 Å². The third kappa shape index (κ3) is 24.9. The van der Waals surface area contributed by atoms with Crippen molar-refractivity contribution in [2.45, 2.75) is 355 Å². The minimum Gasteiger partial charge on any atom is -0.394 e. The number of amides is 7. The second-order valence-electron chi connectivity index (χ2n) is 33.2. The number of rotatable bonds is 35. The van der Waals surface area contributed by atoms with Crippen LogP contribution in [-0.4, -0.2) is 542 Å². The van der Waals surface area contributed by atoms with Crippen LogP contribution in [0, 0.1) is 0 Å². The van der Waals surface area contributed by atoms with Gasteiger partial charge in [-0.05, 0) is 0 Å². The number of hydrogen-bond donors (Lipinski definition) is 32. The average Bonchev–Trinajstić information content (AvgIpc) is 0.756. The zero-order valence-corrected chi connectivity index (χ0v) is 71.7. The monoisotopic (exact) mass is 1930 g/mol. The number of nitrogens with one attached hydrogen (secondary N) is 7. The summed E-state index contributed by atoms with van der Waals surface area (Å²) >= 11 is 0. The van der Waals surface area contributed by atoms with E-state index in [1.54, 1.807) is 0 Å². The Hall–Kier alpha value is -5.47. The fourth-order valence-electron chi connectivity index (χ4n) is 17.1. The number of carbonyl (C=O) groups is 7. The molecular formula is C74H123N7O51. The van der Waals surface area contributed by atoms with Crippen molar-refractivity contribution in [3.63, 3.8) is 0 Å². The van der Waals surface area contributed by atoms with Gasteiger partial charge in [-0.15, -0.1) is 0 Å². The van der Waals surface area contributed by atoms with E-state index in [1.807, 2.05) is 0 Å². The minimum absolute atomic E-state index is 0.822. The Morgan fingerprint density at radius 3 is 0.758 bits per heavy atom. The van der Waals surface area contributed by atoms with Gasteiger partial charge in [-0.3, -0.25) is 33.6 Å². The number of aliphatic hydroxyl groups is 25. The molecule has 0 aliphatic carbocycles. The van der Waals surface area contributed by atoms with Gasteiger partial charge in [0.25, 0.3) is 0 Å². The molecule has 0 spiro atoms. The van der Waals surface area contributed by atoms with Crippen molar-refractivity contribution < 1.29 is 251 Å². The van der Waals surface area contributed by atoms with Crippen molar-refractivity contribution in [1.82, 2.24) is 37.2 Å². The molecule has 32 N–H and O–H groups in total. The van der Waals surface area contributed by atoms with E-state index >= 15 is 0 Å². The Bertz CT molecular complexity index is 3700. The summed E-state index contributed by atoms with van der Waals surface area (Å²) in [6.07, 6.45) is -92.6. The summed E-state index contributed by atoms with van der Waals surface area (Å²) in [4.78, 5) is 89.6. The molecule has 10 aliphatic heterocycles. The third-order valence-corrected chi connectivity index (χ3v) is 23.7. The third-order valence-electron chi connectivity index (χ3n) is 23.7. The maximum Gasteiger partial charge on any atom is 0.217 e. The first kappa shape index (κ1) is 109. The summed E-state index contributed by atoms with van der Waals surface area (Å²) in [5.74, 6) is -6.40. The Labute approximate surface area is 748 Å². The largest absolute Gasteiger partial charge is 0.394 e. The van der Waals surface area contributed by atoms with Crippen LogP contribution in [0.2, 0.25) is 0 Å². The lowest BCUT2D eigenvalue weighted by molar-refractivity contribution is -0.404. The highest BCUT2D eigenvalue weighted by molar-refractivity contribution is 5.75. The lowest BCUT2D eigenvalue weighted by atomic mass is 9.93. The average molecular weight is 1930 g/mol. The van der Waals surface area contributed by atoms with E-state index in [9.17, 15) is 161 Å². The zero-order valence-electron chi connectivity index (χ0n) is 71.7. The summed E-state index contributed by atoms with van der Waals surface area (Å²) in [7, 11) is 0. The Morgan fingerprint density at radius 2 is 0.417 bits per heavy atom. The van der Waals surface area contributed by atoms with Crippen molar-refractivity contribution in [3.05, 3.63) is 0 Å². The maximum absolute atomic E-state index is 13.4. The first-order chi connectivity index (χ1) is 62.4. The first-order valence-corrected chi connectivity index (χ1v) is 42.1. The second kappa shape index (κ2) is 47.9. The van der Waals surface area contributed by atoms with E-state index < -0.39 is 414 Å². The minimum atomic E-state index is -2.73. The van der Waals surface area contributed by atoms with Crippen molar-refractivity contribution in [2.75, 3.05) is 66.1 Å². The molecule has 7 amide bonds. The van der Waals surface area contributed by atoms with Crippen LogP contribution in [0.25, 0.3) is 0 Å². The van der Waals surface area contributed by atoms with Gasteiger partial charge < -0.3 is 255 Å². The highest BCUT2D eigenvalue weighted by atomic mass is 16.8. The lowest BCUT2D eigenvalue weighted by Gasteiger charge is -2.52. The molecule has 50 atom stereocenters. The van der Waals surface area contributed by atoms with Crippen molar-refractivity contribution in [2.24, 2.45) is 0 Å². The van der Waals surface area contributed by atoms with E-state index in [0.29, 0.717) is 0 Å². The molecule has 10 fully saturated rings. The van der Waals surface area contributed by atoms with E-state index in [4.69, 9.17) is 90.0 Å². The van der Waals surface area contributed by atoms with Gasteiger partial charge >= 0.3 is 0 Å². The quantitative estimate of drug-likeness (QED) is 0.0280. The van der Waals surface area contributed by atoms with Crippen LogP contribution in [0.15, 0.2) is 0 Å². The van der Waals surface area contributed by atoms with Crippen molar-refractivity contribution in [1.29, 1.82) is 0 Å². The zero-order chi connectivity index (χ0) is 97.4. The predicted molar refractivity (Wildman–Crippen MR) is 411 cm³/mol. The van der Waals surface area contributed by atoms with Crippen LogP contribution in [0.5, 0.6) is 0 Å². The van der Waals surface area contributed by atoms with Gasteiger partial charge in [-0.1, -0.05) is 0 Å². The van der Waals surface area contributed by atoms with Gasteiger partial charge in [0.05, 0.1) is 66.1 Å². The van der Waals surface area contributed by atoms with Gasteiger partial charge in [-0.25, -0.2) is 0 Å². The smallest absolute Gasteiger partial charge is 0.217 e. The highest BCUT2D eigenvalue weighted by Crippen LogP contribution is 2.41. The molecule has 0 saturated carbocycles. The molecule has 10 saturated heterocycles. The van der Waals surface area contributed by atoms with Gasteiger partial charge in [0.15, 0.2) is 62.9 Å². The van der Waals surface area contributed by atoms with Crippen molar-refractivity contribution >= 4 is 41.4 Å². The van der Waals surface area contributed by atoms with Crippen LogP contribution in [0.4, 0.5) is 0 Å². The topological polar surface area (TPSA) is 885 Å². The molecule has 0 aromatic rings. The number of aliphatic hydroxyl groups excluding tert-OH is 25. The molecule has 0 radical (unpaired) electrons. The van der Waals surface area contributed by atoms with Crippen LogP contribution in [0.1, 0.15) is 48.5 Å². The SMILES string of the molecule is CC(=O)N[C@@H]1[C@@H](O)[C@H](O[C@@H]2O[C@H](CO)[C@@H](O[C@@H]3O[C@H](CO[C@H]4O[C@H](CO[C@@H]5O[C@H](CO)[C@@H](O)[C@H](O)[C@H]5NC(C)=O)[C@@H](O)[C@H](O)[C@@H]4O[C@@H]4O[C@H](CO)[C@@H](O)[C@H](O)[C@H]4NC(C)=O)[C@@H](O)[C@H](O[C@H]4O[C@H](CO)[C@@H](O[C@@H]5O[C@H](CO)[C@@H](O)[C@H](O)[C@H]5NC(C)=O)[C@H](O)[C@@H]4O[C@@H]4O[C@H](CO)[C@@H](O[C@@H]5O[C@H](CO)[C@H](O)[C@H](O)[C@H]5NC(C)=O)[C@H](O)[C@H]4NC(C)=O)[C@@H]3O)[C@H](O)[C@H]2NC(C)=O)[C@@H](CO)O[C@H]1O. The first-order valence-electron chi connectivity index (χ1n) is 42.1. The van der Waals surface area contributed by atoms with Crippen molar-refractivity contribution in [3.8, 4) is 0 Å². The molecular weight excluding hydrogens is 1800 g/mol. The molecule has 0 aromatic heterocycles. The normalized spacial score (nSPS) is 46.7. The van der Waals surface area contributed by atoms with E-state index in [-0.39, 0.29) is 0 Å². The predicted octanol–water partition coefficient (Wildman–Crippen LogP) is -21.8. The fourth-order valence-corrected chi connectivity index (χ4v) is 17.1. The Kier molecular flexibility index (Phi) is 39.4. The number of hydrogen-bond acceptors (Lipinski definition) is 51. The highest BCUT2D eigenvalue weighted by Gasteiger charge is 2.62. The van der Waals surface area contributed by atoms with Gasteiger partial charge in [0.1, 0.15) is 244 Å². The maximum atomic E-state index is 13.4. The van der Waals surface area contributed by atoms with Gasteiger partial charge in [0, 0.05) is 48.5 Å². The molecule has 0 aromatic carbocycles. The molecule has 10 aliphatic rings. The molecule has 132 heavy (non-hydrogen) atoms. The molecule has 58 nitrogen and oxygen atoms in total. The molecule has 10 heterocycles. The van der Waals surface area contributed by atoms with E-state index in [0.717, 1.165) is 48.5 Å². The van der Waals surface area contributed by atoms with Gasteiger partial charge in [0.2, 0.25) is 41.4 Å². The van der Waals surface area contributed by atoms with E-state index in [2.05, 4.69) is 37.2 Å². The molecule has 760 valence electrons.